The number of ether oxygens (including phenoxy) is 2. The number of benzene rings is 1. The molecule has 1 aromatic carbocycles. The molecule has 1 aromatic rings. The maximum Gasteiger partial charge on any atom is 0.227 e. The van der Waals surface area contributed by atoms with E-state index in [1.54, 1.807) is 0 Å². The fourth-order valence-electron chi connectivity index (χ4n) is 3.90. The van der Waals surface area contributed by atoms with Gasteiger partial charge in [0, 0.05) is 31.7 Å². The molecule has 0 radical (unpaired) electrons. The van der Waals surface area contributed by atoms with E-state index < -0.39 is 0 Å². The molecule has 2 heterocycles. The Morgan fingerprint density at radius 3 is 3.00 bits per heavy atom. The largest absolute Gasteiger partial charge is 0.381 e. The third kappa shape index (κ3) is 3.75. The molecule has 2 aliphatic rings. The van der Waals surface area contributed by atoms with Gasteiger partial charge in [-0.2, -0.15) is 0 Å². The van der Waals surface area contributed by atoms with Crippen molar-refractivity contribution in [2.24, 2.45) is 5.41 Å². The van der Waals surface area contributed by atoms with Crippen molar-refractivity contribution in [1.82, 2.24) is 4.90 Å². The molecule has 0 spiro atoms. The first-order valence-electron chi connectivity index (χ1n) is 8.74. The molecule has 2 aliphatic heterocycles. The Bertz CT molecular complexity index is 519. The smallest absolute Gasteiger partial charge is 0.227 e. The molecule has 2 saturated heterocycles. The minimum atomic E-state index is -0.0150. The molecule has 23 heavy (non-hydrogen) atoms. The molecule has 2 atom stereocenters. The van der Waals surface area contributed by atoms with E-state index in [9.17, 15) is 4.79 Å². The maximum absolute atomic E-state index is 12.7. The van der Waals surface area contributed by atoms with Crippen LogP contribution in [0.4, 0.5) is 0 Å². The highest BCUT2D eigenvalue weighted by Gasteiger charge is 2.47. The maximum atomic E-state index is 12.7. The van der Waals surface area contributed by atoms with Crippen LogP contribution in [0.25, 0.3) is 0 Å². The van der Waals surface area contributed by atoms with Gasteiger partial charge in [-0.1, -0.05) is 30.3 Å². The van der Waals surface area contributed by atoms with Gasteiger partial charge in [-0.25, -0.2) is 0 Å². The highest BCUT2D eigenvalue weighted by atomic mass is 16.5. The second-order valence-corrected chi connectivity index (χ2v) is 6.73. The van der Waals surface area contributed by atoms with Crippen LogP contribution in [-0.2, 0) is 20.7 Å². The molecule has 4 nitrogen and oxygen atoms in total. The molecule has 126 valence electrons. The summed E-state index contributed by atoms with van der Waals surface area (Å²) in [7, 11) is 0. The van der Waals surface area contributed by atoms with E-state index in [4.69, 9.17) is 9.47 Å². The highest BCUT2D eigenvalue weighted by Crippen LogP contribution is 2.40. The Labute approximate surface area is 138 Å². The standard InChI is InChI=1S/C19H27NO3/c1-2-22-15-19-10-6-12-23-17(19)9-11-20(14-19)18(21)13-16-7-4-3-5-8-16/h3-5,7-8,17H,2,6,9-15H2,1H3/t17-,19-/m0/s1. The van der Waals surface area contributed by atoms with Gasteiger partial charge in [0.2, 0.25) is 5.91 Å². The number of fused-ring (bicyclic) bond motifs is 1. The van der Waals surface area contributed by atoms with Crippen molar-refractivity contribution in [3.05, 3.63) is 35.9 Å². The Balaban J connectivity index is 1.68. The summed E-state index contributed by atoms with van der Waals surface area (Å²) in [5.74, 6) is 0.219. The predicted molar refractivity (Wildman–Crippen MR) is 89.2 cm³/mol. The third-order valence-electron chi connectivity index (χ3n) is 5.13. The van der Waals surface area contributed by atoms with Gasteiger partial charge in [0.1, 0.15) is 0 Å². The summed E-state index contributed by atoms with van der Waals surface area (Å²) in [6, 6.07) is 9.99. The molecule has 0 saturated carbocycles. The first-order valence-corrected chi connectivity index (χ1v) is 8.74. The van der Waals surface area contributed by atoms with Gasteiger partial charge in [0.15, 0.2) is 0 Å². The van der Waals surface area contributed by atoms with E-state index in [2.05, 4.69) is 0 Å². The monoisotopic (exact) mass is 317 g/mol. The van der Waals surface area contributed by atoms with Crippen LogP contribution in [0.3, 0.4) is 0 Å². The van der Waals surface area contributed by atoms with Gasteiger partial charge in [-0.15, -0.1) is 0 Å². The molecule has 1 amide bonds. The number of carbonyl (C=O) groups is 1. The SMILES string of the molecule is CCOC[C@@]12CCCO[C@H]1CCN(C(=O)Cc1ccccc1)C2. The molecule has 2 fully saturated rings. The van der Waals surface area contributed by atoms with Crippen LogP contribution < -0.4 is 0 Å². The third-order valence-corrected chi connectivity index (χ3v) is 5.13. The summed E-state index contributed by atoms with van der Waals surface area (Å²) in [6.07, 6.45) is 3.80. The van der Waals surface area contributed by atoms with Crippen molar-refractivity contribution in [2.75, 3.05) is 32.9 Å². The number of hydrogen-bond donors (Lipinski definition) is 0. The Hall–Kier alpha value is -1.39. The second-order valence-electron chi connectivity index (χ2n) is 6.73. The number of amides is 1. The van der Waals surface area contributed by atoms with Crippen LogP contribution in [0.5, 0.6) is 0 Å². The summed E-state index contributed by atoms with van der Waals surface area (Å²) < 4.78 is 11.8. The van der Waals surface area contributed by atoms with E-state index in [1.807, 2.05) is 42.2 Å². The molecule has 4 heteroatoms. The summed E-state index contributed by atoms with van der Waals surface area (Å²) in [5, 5.41) is 0. The first-order chi connectivity index (χ1) is 11.2. The Kier molecular flexibility index (Phi) is 5.34. The topological polar surface area (TPSA) is 38.8 Å². The summed E-state index contributed by atoms with van der Waals surface area (Å²) in [4.78, 5) is 14.7. The predicted octanol–water partition coefficient (Wildman–Crippen LogP) is 2.66. The van der Waals surface area contributed by atoms with Crippen LogP contribution in [0, 0.1) is 5.41 Å². The molecule has 0 unspecified atom stereocenters. The van der Waals surface area contributed by atoms with Gasteiger partial charge in [-0.3, -0.25) is 4.79 Å². The van der Waals surface area contributed by atoms with Gasteiger partial charge in [0.25, 0.3) is 0 Å². The van der Waals surface area contributed by atoms with Crippen molar-refractivity contribution in [1.29, 1.82) is 0 Å². The average molecular weight is 317 g/mol. The van der Waals surface area contributed by atoms with Crippen molar-refractivity contribution >= 4 is 5.91 Å². The quantitative estimate of drug-likeness (QED) is 0.838. The van der Waals surface area contributed by atoms with E-state index in [-0.39, 0.29) is 17.4 Å². The summed E-state index contributed by atoms with van der Waals surface area (Å²) in [5.41, 5.74) is 1.07. The van der Waals surface area contributed by atoms with Crippen molar-refractivity contribution < 1.29 is 14.3 Å². The van der Waals surface area contributed by atoms with Gasteiger partial charge < -0.3 is 14.4 Å². The summed E-state index contributed by atoms with van der Waals surface area (Å²) in [6.45, 7) is 5.84. The Morgan fingerprint density at radius 1 is 1.39 bits per heavy atom. The van der Waals surface area contributed by atoms with Gasteiger partial charge in [-0.05, 0) is 31.7 Å². The lowest BCUT2D eigenvalue weighted by Gasteiger charge is -2.50. The van der Waals surface area contributed by atoms with Crippen LogP contribution in [0.15, 0.2) is 30.3 Å². The molecule has 0 bridgehead atoms. The number of piperidine rings is 1. The van der Waals surface area contributed by atoms with E-state index in [0.29, 0.717) is 19.6 Å². The van der Waals surface area contributed by atoms with E-state index in [0.717, 1.165) is 44.5 Å². The fraction of sp³-hybridized carbons (Fsp3) is 0.632. The molecular formula is C19H27NO3. The normalized spacial score (nSPS) is 27.5. The van der Waals surface area contributed by atoms with Crippen molar-refractivity contribution in [3.63, 3.8) is 0 Å². The fourth-order valence-corrected chi connectivity index (χ4v) is 3.90. The first kappa shape index (κ1) is 16.5. The zero-order valence-electron chi connectivity index (χ0n) is 14.0. The van der Waals surface area contributed by atoms with Crippen molar-refractivity contribution in [3.8, 4) is 0 Å². The Morgan fingerprint density at radius 2 is 2.22 bits per heavy atom. The average Bonchev–Trinajstić information content (AvgIpc) is 2.60. The van der Waals surface area contributed by atoms with Crippen LogP contribution in [0.1, 0.15) is 31.7 Å². The summed E-state index contributed by atoms with van der Waals surface area (Å²) >= 11 is 0. The zero-order chi connectivity index (χ0) is 16.1. The molecule has 0 aromatic heterocycles. The minimum absolute atomic E-state index is 0.0150. The number of nitrogens with zero attached hydrogens (tertiary/aromatic N) is 1. The number of hydrogen-bond acceptors (Lipinski definition) is 3. The lowest BCUT2D eigenvalue weighted by Crippen LogP contribution is -2.58. The number of carbonyl (C=O) groups excluding carboxylic acids is 1. The molecule has 0 N–H and O–H groups in total. The van der Waals surface area contributed by atoms with Gasteiger partial charge >= 0.3 is 0 Å². The molecule has 3 rings (SSSR count). The van der Waals surface area contributed by atoms with Crippen LogP contribution in [-0.4, -0.2) is 49.8 Å². The zero-order valence-corrected chi connectivity index (χ0v) is 14.0. The van der Waals surface area contributed by atoms with Crippen LogP contribution >= 0.6 is 0 Å². The molecule has 0 aliphatic carbocycles. The number of rotatable bonds is 5. The lowest BCUT2D eigenvalue weighted by molar-refractivity contribution is -0.163. The molecular weight excluding hydrogens is 290 g/mol. The van der Waals surface area contributed by atoms with E-state index >= 15 is 0 Å². The van der Waals surface area contributed by atoms with Crippen LogP contribution in [0.2, 0.25) is 0 Å². The van der Waals surface area contributed by atoms with E-state index in [1.165, 1.54) is 0 Å². The lowest BCUT2D eigenvalue weighted by atomic mass is 9.73. The minimum Gasteiger partial charge on any atom is -0.381 e. The van der Waals surface area contributed by atoms with Crippen molar-refractivity contribution in [2.45, 2.75) is 38.7 Å². The highest BCUT2D eigenvalue weighted by molar-refractivity contribution is 5.79. The second kappa shape index (κ2) is 7.45. The number of likely N-dealkylation sites (tertiary alicyclic amines) is 1. The van der Waals surface area contributed by atoms with Gasteiger partial charge in [0.05, 0.1) is 19.1 Å².